The molecule has 4 rings (SSSR count). The van der Waals surface area contributed by atoms with E-state index in [4.69, 9.17) is 4.74 Å². The minimum absolute atomic E-state index is 0.0557. The summed E-state index contributed by atoms with van der Waals surface area (Å²) in [6.07, 6.45) is 4.02. The van der Waals surface area contributed by atoms with Gasteiger partial charge in [0.15, 0.2) is 0 Å². The first-order valence-corrected chi connectivity index (χ1v) is 9.92. The second-order valence-corrected chi connectivity index (χ2v) is 7.13. The molecule has 1 aliphatic carbocycles. The van der Waals surface area contributed by atoms with Gasteiger partial charge in [-0.1, -0.05) is 49.7 Å². The van der Waals surface area contributed by atoms with Crippen molar-refractivity contribution < 1.29 is 9.53 Å². The van der Waals surface area contributed by atoms with Gasteiger partial charge in [0.1, 0.15) is 11.4 Å². The summed E-state index contributed by atoms with van der Waals surface area (Å²) in [4.78, 5) is 12.7. The molecule has 0 radical (unpaired) electrons. The predicted octanol–water partition coefficient (Wildman–Crippen LogP) is 4.67. The molecule has 0 bridgehead atoms. The molecular weight excluding hydrogens is 350 g/mol. The molecule has 0 fully saturated rings. The zero-order chi connectivity index (χ0) is 19.3. The van der Waals surface area contributed by atoms with E-state index in [-0.39, 0.29) is 11.9 Å². The second-order valence-electron chi connectivity index (χ2n) is 7.13. The van der Waals surface area contributed by atoms with Crippen LogP contribution in [0.4, 0.5) is 0 Å². The molecule has 0 unspecified atom stereocenters. The van der Waals surface area contributed by atoms with Crippen molar-refractivity contribution in [3.05, 3.63) is 71.4 Å². The fraction of sp³-hybridized carbons (Fsp3) is 0.304. The Morgan fingerprint density at radius 2 is 2.04 bits per heavy atom. The summed E-state index contributed by atoms with van der Waals surface area (Å²) in [5.74, 6) is 0.656. The van der Waals surface area contributed by atoms with Gasteiger partial charge >= 0.3 is 0 Å². The second kappa shape index (κ2) is 8.30. The van der Waals surface area contributed by atoms with Crippen molar-refractivity contribution >= 4 is 5.91 Å². The maximum Gasteiger partial charge on any atom is 0.269 e. The van der Waals surface area contributed by atoms with Crippen LogP contribution in [0.25, 0.3) is 11.3 Å². The topological polar surface area (TPSA) is 67.0 Å². The number of nitrogens with one attached hydrogen (secondary N) is 2. The Balaban J connectivity index is 1.48. The van der Waals surface area contributed by atoms with Crippen molar-refractivity contribution in [2.24, 2.45) is 0 Å². The van der Waals surface area contributed by atoms with E-state index in [2.05, 4.69) is 34.6 Å². The molecule has 1 aromatic heterocycles. The van der Waals surface area contributed by atoms with Gasteiger partial charge in [-0.3, -0.25) is 9.89 Å². The van der Waals surface area contributed by atoms with Crippen molar-refractivity contribution in [3.8, 4) is 17.0 Å². The smallest absolute Gasteiger partial charge is 0.269 e. The summed E-state index contributed by atoms with van der Waals surface area (Å²) in [5, 5.41) is 10.4. The molecule has 2 N–H and O–H groups in total. The van der Waals surface area contributed by atoms with Crippen molar-refractivity contribution in [1.82, 2.24) is 15.5 Å². The number of ether oxygens (including phenoxy) is 1. The first-order valence-electron chi connectivity index (χ1n) is 9.92. The van der Waals surface area contributed by atoms with Crippen LogP contribution in [0.1, 0.15) is 53.8 Å². The Kier molecular flexibility index (Phi) is 5.42. The van der Waals surface area contributed by atoms with E-state index < -0.39 is 0 Å². The van der Waals surface area contributed by atoms with E-state index >= 15 is 0 Å². The van der Waals surface area contributed by atoms with Crippen molar-refractivity contribution in [3.63, 3.8) is 0 Å². The van der Waals surface area contributed by atoms with E-state index in [9.17, 15) is 4.79 Å². The number of benzene rings is 2. The lowest BCUT2D eigenvalue weighted by atomic mass is 10.1. The normalized spacial score (nSPS) is 15.2. The number of fused-ring (bicyclic) bond motifs is 1. The number of H-pyrrole nitrogens is 1. The molecule has 2 aromatic carbocycles. The number of nitrogens with zero attached hydrogens (tertiary/aromatic N) is 1. The summed E-state index contributed by atoms with van der Waals surface area (Å²) in [6.45, 7) is 2.81. The monoisotopic (exact) mass is 375 g/mol. The molecule has 0 saturated heterocycles. The number of unbranched alkanes of at least 4 members (excludes halogenated alkanes) is 1. The molecule has 0 saturated carbocycles. The maximum atomic E-state index is 12.7. The van der Waals surface area contributed by atoms with Crippen LogP contribution >= 0.6 is 0 Å². The number of carbonyl (C=O) groups excluding carboxylic acids is 1. The highest BCUT2D eigenvalue weighted by atomic mass is 16.5. The molecule has 5 nitrogen and oxygen atoms in total. The van der Waals surface area contributed by atoms with E-state index in [0.29, 0.717) is 18.0 Å². The quantitative estimate of drug-likeness (QED) is 0.590. The van der Waals surface area contributed by atoms with Gasteiger partial charge in [-0.2, -0.15) is 5.10 Å². The predicted molar refractivity (Wildman–Crippen MR) is 109 cm³/mol. The number of aryl methyl sites for hydroxylation is 1. The fourth-order valence-electron chi connectivity index (χ4n) is 3.65. The summed E-state index contributed by atoms with van der Waals surface area (Å²) < 4.78 is 5.89. The van der Waals surface area contributed by atoms with Crippen LogP contribution in [-0.4, -0.2) is 22.7 Å². The summed E-state index contributed by atoms with van der Waals surface area (Å²) >= 11 is 0. The number of hydrogen-bond acceptors (Lipinski definition) is 3. The largest absolute Gasteiger partial charge is 0.493 e. The minimum atomic E-state index is -0.134. The van der Waals surface area contributed by atoms with Gasteiger partial charge in [-0.25, -0.2) is 0 Å². The van der Waals surface area contributed by atoms with Crippen LogP contribution in [0.15, 0.2) is 54.6 Å². The average molecular weight is 375 g/mol. The standard InChI is InChI=1S/C23H25N3O2/c1-2-3-14-28-22-11-7-6-10-18(22)20-15-21(26-25-20)23(27)24-19-13-12-16-8-4-5-9-17(16)19/h4-11,15,19H,2-3,12-14H2,1H3,(H,24,27)(H,25,26)/t19-/m0/s1. The van der Waals surface area contributed by atoms with Gasteiger partial charge in [-0.05, 0) is 48.6 Å². The number of aromatic amines is 1. The highest BCUT2D eigenvalue weighted by Crippen LogP contribution is 2.32. The van der Waals surface area contributed by atoms with Gasteiger partial charge in [0.2, 0.25) is 0 Å². The molecule has 144 valence electrons. The number of carbonyl (C=O) groups is 1. The van der Waals surface area contributed by atoms with Crippen LogP contribution < -0.4 is 10.1 Å². The molecule has 0 spiro atoms. The van der Waals surface area contributed by atoms with E-state index in [1.54, 1.807) is 6.07 Å². The molecule has 1 atom stereocenters. The van der Waals surface area contributed by atoms with Gasteiger partial charge in [0.25, 0.3) is 5.91 Å². The summed E-state index contributed by atoms with van der Waals surface area (Å²) in [6, 6.07) is 17.9. The Bertz CT molecular complexity index is 964. The fourth-order valence-corrected chi connectivity index (χ4v) is 3.65. The maximum absolute atomic E-state index is 12.7. The number of rotatable bonds is 7. The zero-order valence-electron chi connectivity index (χ0n) is 16.1. The van der Waals surface area contributed by atoms with E-state index in [1.807, 2.05) is 36.4 Å². The third kappa shape index (κ3) is 3.79. The summed E-state index contributed by atoms with van der Waals surface area (Å²) in [5.41, 5.74) is 4.59. The Labute approximate surface area is 165 Å². The van der Waals surface area contributed by atoms with E-state index in [1.165, 1.54) is 11.1 Å². The average Bonchev–Trinajstić information content (AvgIpc) is 3.37. The molecule has 28 heavy (non-hydrogen) atoms. The van der Waals surface area contributed by atoms with Crippen molar-refractivity contribution in [2.75, 3.05) is 6.61 Å². The van der Waals surface area contributed by atoms with Crippen LogP contribution in [-0.2, 0) is 6.42 Å². The lowest BCUT2D eigenvalue weighted by molar-refractivity contribution is 0.0931. The number of para-hydroxylation sites is 1. The molecule has 1 amide bonds. The van der Waals surface area contributed by atoms with Crippen LogP contribution in [0.2, 0.25) is 0 Å². The number of amides is 1. The molecule has 3 aromatic rings. The highest BCUT2D eigenvalue weighted by molar-refractivity contribution is 5.93. The minimum Gasteiger partial charge on any atom is -0.493 e. The van der Waals surface area contributed by atoms with Gasteiger partial charge in [0, 0.05) is 5.56 Å². The molecule has 0 aliphatic heterocycles. The number of hydrogen-bond donors (Lipinski definition) is 2. The number of aromatic nitrogens is 2. The van der Waals surface area contributed by atoms with Crippen LogP contribution in [0, 0.1) is 0 Å². The van der Waals surface area contributed by atoms with Crippen LogP contribution in [0.3, 0.4) is 0 Å². The lowest BCUT2D eigenvalue weighted by Gasteiger charge is -2.13. The van der Waals surface area contributed by atoms with E-state index in [0.717, 1.165) is 37.0 Å². The molecule has 5 heteroatoms. The molecular formula is C23H25N3O2. The first kappa shape index (κ1) is 18.3. The van der Waals surface area contributed by atoms with Gasteiger partial charge in [-0.15, -0.1) is 0 Å². The van der Waals surface area contributed by atoms with Gasteiger partial charge in [0.05, 0.1) is 18.3 Å². The summed E-state index contributed by atoms with van der Waals surface area (Å²) in [7, 11) is 0. The third-order valence-corrected chi connectivity index (χ3v) is 5.18. The Morgan fingerprint density at radius 3 is 2.93 bits per heavy atom. The van der Waals surface area contributed by atoms with Crippen molar-refractivity contribution in [2.45, 2.75) is 38.6 Å². The Hall–Kier alpha value is -3.08. The third-order valence-electron chi connectivity index (χ3n) is 5.18. The zero-order valence-corrected chi connectivity index (χ0v) is 16.1. The van der Waals surface area contributed by atoms with Gasteiger partial charge < -0.3 is 10.1 Å². The Morgan fingerprint density at radius 1 is 1.21 bits per heavy atom. The highest BCUT2D eigenvalue weighted by Gasteiger charge is 2.24. The molecule has 1 aliphatic rings. The van der Waals surface area contributed by atoms with Crippen molar-refractivity contribution in [1.29, 1.82) is 0 Å². The first-order chi connectivity index (χ1) is 13.8. The SMILES string of the molecule is CCCCOc1ccccc1-c1cc(C(=O)N[C@H]2CCc3ccccc32)[nH]n1. The van der Waals surface area contributed by atoms with Crippen LogP contribution in [0.5, 0.6) is 5.75 Å². The lowest BCUT2D eigenvalue weighted by Crippen LogP contribution is -2.27. The molecule has 1 heterocycles.